The molecule has 5 aromatic rings. The lowest BCUT2D eigenvalue weighted by molar-refractivity contribution is 0.306. The second-order valence-corrected chi connectivity index (χ2v) is 8.32. The lowest BCUT2D eigenvalue weighted by Crippen LogP contribution is -2.06. The first-order chi connectivity index (χ1) is 16.0. The topological polar surface area (TPSA) is 78.9 Å². The molecule has 33 heavy (non-hydrogen) atoms. The van der Waals surface area contributed by atoms with Crippen LogP contribution in [0.1, 0.15) is 5.56 Å². The Bertz CT molecular complexity index is 1620. The Morgan fingerprint density at radius 3 is 2.45 bits per heavy atom. The van der Waals surface area contributed by atoms with Crippen LogP contribution in [-0.4, -0.2) is 7.11 Å². The summed E-state index contributed by atoms with van der Waals surface area (Å²) in [5.74, 6) is 1.13. The summed E-state index contributed by atoms with van der Waals surface area (Å²) in [6.45, 7) is 0.377. The van der Waals surface area contributed by atoms with Crippen LogP contribution in [0.15, 0.2) is 95.7 Å². The van der Waals surface area contributed by atoms with Crippen molar-refractivity contribution in [2.24, 2.45) is 0 Å². The second-order valence-electron chi connectivity index (χ2n) is 7.41. The fraction of sp³-hybridized carbons (Fsp3) is 0.0769. The van der Waals surface area contributed by atoms with Crippen LogP contribution >= 0.6 is 15.9 Å². The monoisotopic (exact) mass is 504 g/mol. The van der Waals surface area contributed by atoms with E-state index in [4.69, 9.17) is 18.3 Å². The van der Waals surface area contributed by atoms with Gasteiger partial charge in [0.15, 0.2) is 0 Å². The van der Waals surface area contributed by atoms with Gasteiger partial charge in [0.25, 0.3) is 0 Å². The molecule has 0 N–H and O–H groups in total. The van der Waals surface area contributed by atoms with Crippen LogP contribution in [0, 0.1) is 0 Å². The molecular weight excluding hydrogens is 488 g/mol. The molecule has 2 aromatic heterocycles. The van der Waals surface area contributed by atoms with E-state index in [-0.39, 0.29) is 5.56 Å². The van der Waals surface area contributed by atoms with Crippen molar-refractivity contribution >= 4 is 37.9 Å². The molecule has 0 unspecified atom stereocenters. The predicted molar refractivity (Wildman–Crippen MR) is 129 cm³/mol. The van der Waals surface area contributed by atoms with Crippen molar-refractivity contribution in [2.75, 3.05) is 7.11 Å². The zero-order valence-corrected chi connectivity index (χ0v) is 19.0. The maximum absolute atomic E-state index is 12.9. The SMILES string of the molecule is COc1ccc2c(-c3cc4ccc(OCc5cccc(Br)c5)cc4oc3=O)cc(=O)oc2c1. The standard InChI is InChI=1S/C26H17BrO6/c1-30-18-7-8-20-21(13-25(28)32-24(20)11-18)22-10-16-5-6-19(12-23(16)33-26(22)29)31-14-15-3-2-4-17(27)9-15/h2-13H,14H2,1H3. The predicted octanol–water partition coefficient (Wildman–Crippen LogP) is 5.92. The largest absolute Gasteiger partial charge is 0.497 e. The molecule has 0 atom stereocenters. The van der Waals surface area contributed by atoms with E-state index in [9.17, 15) is 9.59 Å². The van der Waals surface area contributed by atoms with Gasteiger partial charge in [0, 0.05) is 39.0 Å². The van der Waals surface area contributed by atoms with Gasteiger partial charge in [-0.3, -0.25) is 0 Å². The molecule has 0 aliphatic carbocycles. The Morgan fingerprint density at radius 1 is 0.818 bits per heavy atom. The molecule has 0 saturated heterocycles. The molecular formula is C26H17BrO6. The van der Waals surface area contributed by atoms with Gasteiger partial charge in [-0.15, -0.1) is 0 Å². The molecule has 0 aliphatic heterocycles. The minimum atomic E-state index is -0.568. The van der Waals surface area contributed by atoms with Crippen molar-refractivity contribution in [3.8, 4) is 22.6 Å². The van der Waals surface area contributed by atoms with Gasteiger partial charge in [-0.2, -0.15) is 0 Å². The maximum Gasteiger partial charge on any atom is 0.344 e. The van der Waals surface area contributed by atoms with Crippen molar-refractivity contribution < 1.29 is 18.3 Å². The number of halogens is 1. The van der Waals surface area contributed by atoms with Gasteiger partial charge < -0.3 is 18.3 Å². The number of hydrogen-bond donors (Lipinski definition) is 0. The number of benzene rings is 3. The van der Waals surface area contributed by atoms with E-state index in [1.165, 1.54) is 13.2 Å². The van der Waals surface area contributed by atoms with Crippen molar-refractivity contribution in [1.29, 1.82) is 0 Å². The van der Waals surface area contributed by atoms with Gasteiger partial charge in [0.2, 0.25) is 0 Å². The first-order valence-electron chi connectivity index (χ1n) is 10.1. The van der Waals surface area contributed by atoms with Crippen molar-refractivity contribution in [2.45, 2.75) is 6.61 Å². The van der Waals surface area contributed by atoms with Crippen LogP contribution in [0.2, 0.25) is 0 Å². The number of fused-ring (bicyclic) bond motifs is 2. The lowest BCUT2D eigenvalue weighted by atomic mass is 10.0. The zero-order valence-electron chi connectivity index (χ0n) is 17.5. The van der Waals surface area contributed by atoms with Crippen LogP contribution < -0.4 is 20.7 Å². The molecule has 0 aliphatic rings. The summed E-state index contributed by atoms with van der Waals surface area (Å²) in [7, 11) is 1.53. The summed E-state index contributed by atoms with van der Waals surface area (Å²) in [6.07, 6.45) is 0. The highest BCUT2D eigenvalue weighted by atomic mass is 79.9. The number of ether oxygens (including phenoxy) is 2. The summed E-state index contributed by atoms with van der Waals surface area (Å²) in [5, 5.41) is 1.31. The Kier molecular flexibility index (Phi) is 5.48. The van der Waals surface area contributed by atoms with Crippen LogP contribution in [0.5, 0.6) is 11.5 Å². The van der Waals surface area contributed by atoms with Gasteiger partial charge in [0.05, 0.1) is 12.7 Å². The summed E-state index contributed by atoms with van der Waals surface area (Å²) < 4.78 is 22.9. The molecule has 0 amide bonds. The van der Waals surface area contributed by atoms with E-state index >= 15 is 0 Å². The first-order valence-corrected chi connectivity index (χ1v) is 10.9. The third kappa shape index (κ3) is 4.27. The molecule has 3 aromatic carbocycles. The van der Waals surface area contributed by atoms with E-state index in [2.05, 4.69) is 15.9 Å². The van der Waals surface area contributed by atoms with Gasteiger partial charge >= 0.3 is 11.3 Å². The van der Waals surface area contributed by atoms with Gasteiger partial charge in [0.1, 0.15) is 29.3 Å². The highest BCUT2D eigenvalue weighted by Gasteiger charge is 2.15. The highest BCUT2D eigenvalue weighted by Crippen LogP contribution is 2.30. The van der Waals surface area contributed by atoms with Crippen LogP contribution in [0.25, 0.3) is 33.1 Å². The van der Waals surface area contributed by atoms with Crippen LogP contribution in [0.4, 0.5) is 0 Å². The Labute approximate surface area is 196 Å². The van der Waals surface area contributed by atoms with Crippen molar-refractivity contribution in [3.63, 3.8) is 0 Å². The van der Waals surface area contributed by atoms with Gasteiger partial charge in [-0.05, 0) is 48.0 Å². The fourth-order valence-corrected chi connectivity index (χ4v) is 4.10. The fourth-order valence-electron chi connectivity index (χ4n) is 3.66. The minimum Gasteiger partial charge on any atom is -0.497 e. The smallest absolute Gasteiger partial charge is 0.344 e. The summed E-state index contributed by atoms with van der Waals surface area (Å²) in [4.78, 5) is 25.0. The molecule has 0 saturated carbocycles. The van der Waals surface area contributed by atoms with Gasteiger partial charge in [-0.1, -0.05) is 28.1 Å². The van der Waals surface area contributed by atoms with E-state index < -0.39 is 11.3 Å². The second kappa shape index (κ2) is 8.60. The first kappa shape index (κ1) is 21.0. The summed E-state index contributed by atoms with van der Waals surface area (Å²) in [6, 6.07) is 21.2. The molecule has 2 heterocycles. The molecule has 5 rings (SSSR count). The normalized spacial score (nSPS) is 11.1. The molecule has 0 bridgehead atoms. The molecule has 0 spiro atoms. The molecule has 7 heteroatoms. The van der Waals surface area contributed by atoms with E-state index in [0.717, 1.165) is 10.0 Å². The Hall–Kier alpha value is -3.84. The zero-order chi connectivity index (χ0) is 22.9. The van der Waals surface area contributed by atoms with Gasteiger partial charge in [-0.25, -0.2) is 9.59 Å². The third-order valence-corrected chi connectivity index (χ3v) is 5.74. The third-order valence-electron chi connectivity index (χ3n) is 5.24. The number of hydrogen-bond acceptors (Lipinski definition) is 6. The van der Waals surface area contributed by atoms with Crippen LogP contribution in [0.3, 0.4) is 0 Å². The average molecular weight is 505 g/mol. The number of rotatable bonds is 5. The van der Waals surface area contributed by atoms with E-state index in [1.54, 1.807) is 30.3 Å². The summed E-state index contributed by atoms with van der Waals surface area (Å²) in [5.41, 5.74) is 1.31. The minimum absolute atomic E-state index is 0.272. The van der Waals surface area contributed by atoms with Crippen molar-refractivity contribution in [1.82, 2.24) is 0 Å². The lowest BCUT2D eigenvalue weighted by Gasteiger charge is -2.09. The Balaban J connectivity index is 1.53. The quantitative estimate of drug-likeness (QED) is 0.276. The van der Waals surface area contributed by atoms with Crippen LogP contribution in [-0.2, 0) is 6.61 Å². The van der Waals surface area contributed by atoms with Crippen molar-refractivity contribution in [3.05, 3.63) is 104 Å². The van der Waals surface area contributed by atoms with E-state index in [1.807, 2.05) is 36.4 Å². The highest BCUT2D eigenvalue weighted by molar-refractivity contribution is 9.10. The molecule has 0 radical (unpaired) electrons. The summed E-state index contributed by atoms with van der Waals surface area (Å²) >= 11 is 3.44. The molecule has 164 valence electrons. The Morgan fingerprint density at radius 2 is 1.64 bits per heavy atom. The molecule has 6 nitrogen and oxygen atoms in total. The maximum atomic E-state index is 12.9. The molecule has 0 fully saturated rings. The average Bonchev–Trinajstić information content (AvgIpc) is 2.81. The number of methoxy groups -OCH3 is 1. The van der Waals surface area contributed by atoms with E-state index in [0.29, 0.717) is 45.6 Å².